The number of aromatic nitrogens is 5. The van der Waals surface area contributed by atoms with Crippen molar-refractivity contribution in [2.45, 2.75) is 26.4 Å². The molecule has 0 aliphatic carbocycles. The minimum absolute atomic E-state index is 0.170. The van der Waals surface area contributed by atoms with Crippen molar-refractivity contribution in [3.8, 4) is 5.82 Å². The minimum Gasteiger partial charge on any atom is -0.358 e. The SMILES string of the molecule is Cc1nc([N+](=O)[O-])cn1CCC(=O)NCc1cccnc1-n1cccn1. The van der Waals surface area contributed by atoms with Gasteiger partial charge in [-0.2, -0.15) is 5.10 Å². The third kappa shape index (κ3) is 3.91. The lowest BCUT2D eigenvalue weighted by atomic mass is 10.2. The van der Waals surface area contributed by atoms with Gasteiger partial charge in [-0.25, -0.2) is 9.67 Å². The molecule has 0 saturated heterocycles. The zero-order valence-electron chi connectivity index (χ0n) is 14.1. The van der Waals surface area contributed by atoms with Gasteiger partial charge in [0.2, 0.25) is 11.7 Å². The lowest BCUT2D eigenvalue weighted by Crippen LogP contribution is -2.25. The van der Waals surface area contributed by atoms with Crippen LogP contribution in [0.5, 0.6) is 0 Å². The van der Waals surface area contributed by atoms with E-state index in [0.29, 0.717) is 24.7 Å². The number of carbonyl (C=O) groups is 1. The fraction of sp³-hybridized carbons (Fsp3) is 0.250. The second-order valence-corrected chi connectivity index (χ2v) is 5.56. The highest BCUT2D eigenvalue weighted by atomic mass is 16.6. The highest BCUT2D eigenvalue weighted by molar-refractivity contribution is 5.75. The van der Waals surface area contributed by atoms with Crippen molar-refractivity contribution in [1.82, 2.24) is 29.6 Å². The van der Waals surface area contributed by atoms with Crippen LogP contribution in [0.1, 0.15) is 17.8 Å². The van der Waals surface area contributed by atoms with Gasteiger partial charge in [0.1, 0.15) is 6.20 Å². The van der Waals surface area contributed by atoms with Gasteiger partial charge < -0.3 is 20.0 Å². The van der Waals surface area contributed by atoms with Crippen molar-refractivity contribution in [3.05, 3.63) is 64.5 Å². The Bertz CT molecular complexity index is 918. The summed E-state index contributed by atoms with van der Waals surface area (Å²) >= 11 is 0. The number of amides is 1. The first-order valence-corrected chi connectivity index (χ1v) is 7.93. The first-order chi connectivity index (χ1) is 12.5. The molecule has 0 aliphatic heterocycles. The molecular weight excluding hydrogens is 338 g/mol. The molecule has 0 fully saturated rings. The molecule has 10 heteroatoms. The standard InChI is InChI=1S/C16H17N7O3/c1-12-20-14(23(25)26)11-21(12)9-5-15(24)18-10-13-4-2-6-17-16(13)22-8-3-7-19-22/h2-4,6-8,11H,5,9-10H2,1H3,(H,18,24). The van der Waals surface area contributed by atoms with Crippen LogP contribution in [0.25, 0.3) is 5.82 Å². The number of pyridine rings is 1. The first-order valence-electron chi connectivity index (χ1n) is 7.93. The smallest absolute Gasteiger partial charge is 0.358 e. The predicted octanol–water partition coefficient (Wildman–Crippen LogP) is 1.39. The van der Waals surface area contributed by atoms with Crippen molar-refractivity contribution in [3.63, 3.8) is 0 Å². The van der Waals surface area contributed by atoms with Gasteiger partial charge in [0.15, 0.2) is 5.82 Å². The van der Waals surface area contributed by atoms with Gasteiger partial charge in [-0.15, -0.1) is 0 Å². The molecule has 134 valence electrons. The Morgan fingerprint density at radius 2 is 2.19 bits per heavy atom. The highest BCUT2D eigenvalue weighted by Gasteiger charge is 2.15. The number of imidazole rings is 1. The quantitative estimate of drug-likeness (QED) is 0.505. The zero-order valence-corrected chi connectivity index (χ0v) is 14.1. The molecule has 10 nitrogen and oxygen atoms in total. The van der Waals surface area contributed by atoms with Crippen molar-refractivity contribution in [2.24, 2.45) is 0 Å². The number of nitrogens with zero attached hydrogens (tertiary/aromatic N) is 6. The number of rotatable bonds is 7. The molecule has 0 atom stereocenters. The summed E-state index contributed by atoms with van der Waals surface area (Å²) in [7, 11) is 0. The Morgan fingerprint density at radius 1 is 1.35 bits per heavy atom. The maximum absolute atomic E-state index is 12.1. The average molecular weight is 355 g/mol. The molecule has 3 aromatic heterocycles. The third-order valence-electron chi connectivity index (χ3n) is 3.80. The summed E-state index contributed by atoms with van der Waals surface area (Å²) in [5, 5.41) is 17.7. The van der Waals surface area contributed by atoms with Crippen LogP contribution in [0.15, 0.2) is 43.0 Å². The van der Waals surface area contributed by atoms with E-state index in [0.717, 1.165) is 5.56 Å². The van der Waals surface area contributed by atoms with E-state index in [2.05, 4.69) is 20.4 Å². The Kier molecular flexibility index (Phi) is 5.02. The van der Waals surface area contributed by atoms with Crippen molar-refractivity contribution in [1.29, 1.82) is 0 Å². The topological polar surface area (TPSA) is 121 Å². The Morgan fingerprint density at radius 3 is 2.88 bits per heavy atom. The largest absolute Gasteiger partial charge is 0.381 e. The molecule has 0 aromatic carbocycles. The van der Waals surface area contributed by atoms with Crippen LogP contribution in [0, 0.1) is 17.0 Å². The van der Waals surface area contributed by atoms with Crippen molar-refractivity contribution >= 4 is 11.7 Å². The summed E-state index contributed by atoms with van der Waals surface area (Å²) in [6.07, 6.45) is 6.62. The third-order valence-corrected chi connectivity index (χ3v) is 3.80. The summed E-state index contributed by atoms with van der Waals surface area (Å²) in [6.45, 7) is 2.29. The van der Waals surface area contributed by atoms with Gasteiger partial charge in [-0.05, 0) is 22.0 Å². The number of hydrogen-bond acceptors (Lipinski definition) is 6. The van der Waals surface area contributed by atoms with E-state index < -0.39 is 4.92 Å². The molecule has 0 aliphatic rings. The van der Waals surface area contributed by atoms with E-state index in [9.17, 15) is 14.9 Å². The second kappa shape index (κ2) is 7.55. The minimum atomic E-state index is -0.553. The number of nitrogens with one attached hydrogen (secondary N) is 1. The van der Waals surface area contributed by atoms with E-state index in [1.165, 1.54) is 6.20 Å². The molecule has 3 aromatic rings. The van der Waals surface area contributed by atoms with Gasteiger partial charge >= 0.3 is 5.82 Å². The van der Waals surface area contributed by atoms with E-state index >= 15 is 0 Å². The molecule has 3 heterocycles. The van der Waals surface area contributed by atoms with Gasteiger partial charge in [-0.1, -0.05) is 6.07 Å². The fourth-order valence-corrected chi connectivity index (χ4v) is 2.48. The van der Waals surface area contributed by atoms with E-state index in [-0.39, 0.29) is 18.1 Å². The van der Waals surface area contributed by atoms with Gasteiger partial charge in [-0.3, -0.25) is 4.79 Å². The number of aryl methyl sites for hydroxylation is 2. The summed E-state index contributed by atoms with van der Waals surface area (Å²) < 4.78 is 3.23. The first kappa shape index (κ1) is 17.3. The maximum atomic E-state index is 12.1. The van der Waals surface area contributed by atoms with Gasteiger partial charge in [0, 0.05) is 50.6 Å². The molecule has 0 bridgehead atoms. The summed E-state index contributed by atoms with van der Waals surface area (Å²) in [6, 6.07) is 5.46. The van der Waals surface area contributed by atoms with Crippen LogP contribution in [0.2, 0.25) is 0 Å². The van der Waals surface area contributed by atoms with Crippen LogP contribution in [-0.2, 0) is 17.9 Å². The molecule has 0 unspecified atom stereocenters. The molecule has 3 rings (SSSR count). The lowest BCUT2D eigenvalue weighted by molar-refractivity contribution is -0.389. The van der Waals surface area contributed by atoms with Gasteiger partial charge in [0.25, 0.3) is 0 Å². The molecule has 0 spiro atoms. The molecule has 1 amide bonds. The Balaban J connectivity index is 1.58. The van der Waals surface area contributed by atoms with E-state index in [1.54, 1.807) is 46.9 Å². The molecular formula is C16H17N7O3. The van der Waals surface area contributed by atoms with Crippen LogP contribution >= 0.6 is 0 Å². The highest BCUT2D eigenvalue weighted by Crippen LogP contribution is 2.12. The van der Waals surface area contributed by atoms with Crippen molar-refractivity contribution < 1.29 is 9.72 Å². The number of nitro groups is 1. The summed E-state index contributed by atoms with van der Waals surface area (Å²) in [5.41, 5.74) is 0.832. The monoisotopic (exact) mass is 355 g/mol. The second-order valence-electron chi connectivity index (χ2n) is 5.56. The number of carbonyl (C=O) groups excluding carboxylic acids is 1. The molecule has 26 heavy (non-hydrogen) atoms. The lowest BCUT2D eigenvalue weighted by Gasteiger charge is -2.10. The maximum Gasteiger partial charge on any atom is 0.381 e. The van der Waals surface area contributed by atoms with E-state index in [4.69, 9.17) is 0 Å². The van der Waals surface area contributed by atoms with Crippen LogP contribution < -0.4 is 5.32 Å². The Hall–Kier alpha value is -3.56. The predicted molar refractivity (Wildman–Crippen MR) is 91.4 cm³/mol. The molecule has 0 saturated carbocycles. The van der Waals surface area contributed by atoms with E-state index in [1.807, 2.05) is 6.07 Å². The summed E-state index contributed by atoms with van der Waals surface area (Å²) in [4.78, 5) is 30.4. The molecule has 0 radical (unpaired) electrons. The van der Waals surface area contributed by atoms with Crippen LogP contribution in [0.4, 0.5) is 5.82 Å². The van der Waals surface area contributed by atoms with Crippen molar-refractivity contribution in [2.75, 3.05) is 0 Å². The van der Waals surface area contributed by atoms with Gasteiger partial charge in [0.05, 0.1) is 0 Å². The van der Waals surface area contributed by atoms with Crippen LogP contribution in [-0.4, -0.2) is 35.1 Å². The Labute approximate surface area is 148 Å². The van der Waals surface area contributed by atoms with Crippen LogP contribution in [0.3, 0.4) is 0 Å². The molecule has 1 N–H and O–H groups in total. The average Bonchev–Trinajstić information content (AvgIpc) is 3.28. The number of hydrogen-bond donors (Lipinski definition) is 1. The summed E-state index contributed by atoms with van der Waals surface area (Å²) in [5.74, 6) is 0.759. The normalized spacial score (nSPS) is 10.7. The zero-order chi connectivity index (χ0) is 18.5. The fourth-order valence-electron chi connectivity index (χ4n) is 2.48.